The zero-order chi connectivity index (χ0) is 18.2. The topological polar surface area (TPSA) is 70.8 Å². The van der Waals surface area contributed by atoms with Gasteiger partial charge in [0, 0.05) is 62.5 Å². The van der Waals surface area contributed by atoms with E-state index >= 15 is 0 Å². The van der Waals surface area contributed by atoms with Crippen molar-refractivity contribution in [2.24, 2.45) is 0 Å². The first-order valence-corrected chi connectivity index (χ1v) is 10.7. The van der Waals surface area contributed by atoms with E-state index in [1.807, 2.05) is 6.20 Å². The van der Waals surface area contributed by atoms with Crippen LogP contribution in [0.2, 0.25) is 0 Å². The fourth-order valence-corrected chi connectivity index (χ4v) is 4.33. The molecule has 1 atom stereocenters. The first-order valence-electron chi connectivity index (χ1n) is 8.80. The number of hydrogen-bond donors (Lipinski definition) is 0. The lowest BCUT2D eigenvalue weighted by atomic mass is 10.1. The summed E-state index contributed by atoms with van der Waals surface area (Å²) in [4.78, 5) is 9.53. The molecule has 7 nitrogen and oxygen atoms in total. The third-order valence-electron chi connectivity index (χ3n) is 4.93. The molecule has 0 amide bonds. The number of rotatable bonds is 5. The number of sulfone groups is 1. The van der Waals surface area contributed by atoms with Crippen LogP contribution in [-0.4, -0.2) is 70.8 Å². The molecule has 0 bridgehead atoms. The standard InChI is InChI=1S/C17H27N5O2S/c1-5-15-12-20(6-7-21(15)13(2)3)10-14-8-18-17-16(25(4,23)24)9-19-22(17)11-14/h8-9,11,13,15H,5-7,10,12H2,1-4H3/t15-/m1/s1. The highest BCUT2D eigenvalue weighted by Crippen LogP contribution is 2.19. The smallest absolute Gasteiger partial charge is 0.180 e. The van der Waals surface area contributed by atoms with Crippen molar-refractivity contribution in [2.75, 3.05) is 25.9 Å². The third-order valence-corrected chi connectivity index (χ3v) is 6.02. The molecule has 3 rings (SSSR count). The summed E-state index contributed by atoms with van der Waals surface area (Å²) < 4.78 is 25.1. The van der Waals surface area contributed by atoms with E-state index in [0.29, 0.717) is 17.7 Å². The molecule has 0 spiro atoms. The zero-order valence-electron chi connectivity index (χ0n) is 15.4. The average molecular weight is 366 g/mol. The fraction of sp³-hybridized carbons (Fsp3) is 0.647. The Hall–Kier alpha value is -1.51. The van der Waals surface area contributed by atoms with Crippen molar-refractivity contribution < 1.29 is 8.42 Å². The van der Waals surface area contributed by atoms with Crippen LogP contribution in [0, 0.1) is 0 Å². The lowest BCUT2D eigenvalue weighted by Crippen LogP contribution is -2.54. The van der Waals surface area contributed by atoms with Gasteiger partial charge in [0.1, 0.15) is 4.90 Å². The molecular weight excluding hydrogens is 338 g/mol. The Morgan fingerprint density at radius 3 is 2.68 bits per heavy atom. The number of aromatic nitrogens is 3. The SMILES string of the molecule is CC[C@@H]1CN(Cc2cnc3c(S(C)(=O)=O)cnn3c2)CCN1C(C)C. The van der Waals surface area contributed by atoms with Gasteiger partial charge in [-0.3, -0.25) is 9.80 Å². The van der Waals surface area contributed by atoms with Gasteiger partial charge in [0.15, 0.2) is 15.5 Å². The maximum Gasteiger partial charge on any atom is 0.180 e. The van der Waals surface area contributed by atoms with Crippen LogP contribution in [0.1, 0.15) is 32.8 Å². The van der Waals surface area contributed by atoms with Crippen LogP contribution in [0.3, 0.4) is 0 Å². The van der Waals surface area contributed by atoms with Gasteiger partial charge in [0.05, 0.1) is 6.20 Å². The minimum Gasteiger partial charge on any atom is -0.296 e. The molecule has 1 fully saturated rings. The molecule has 0 radical (unpaired) electrons. The zero-order valence-corrected chi connectivity index (χ0v) is 16.2. The van der Waals surface area contributed by atoms with Crippen molar-refractivity contribution in [3.63, 3.8) is 0 Å². The summed E-state index contributed by atoms with van der Waals surface area (Å²) >= 11 is 0. The second kappa shape index (κ2) is 7.01. The van der Waals surface area contributed by atoms with Gasteiger partial charge in [-0.15, -0.1) is 0 Å². The van der Waals surface area contributed by atoms with E-state index in [2.05, 4.69) is 40.7 Å². The number of nitrogens with zero attached hydrogens (tertiary/aromatic N) is 5. The first kappa shape index (κ1) is 18.3. The highest BCUT2D eigenvalue weighted by Gasteiger charge is 2.27. The average Bonchev–Trinajstić information content (AvgIpc) is 2.97. The van der Waals surface area contributed by atoms with Crippen LogP contribution in [0.4, 0.5) is 0 Å². The summed E-state index contributed by atoms with van der Waals surface area (Å²) in [5.74, 6) is 0. The van der Waals surface area contributed by atoms with Crippen molar-refractivity contribution in [2.45, 2.75) is 50.7 Å². The molecule has 0 unspecified atom stereocenters. The first-order chi connectivity index (χ1) is 11.8. The van der Waals surface area contributed by atoms with Crippen LogP contribution in [0.5, 0.6) is 0 Å². The van der Waals surface area contributed by atoms with E-state index in [4.69, 9.17) is 0 Å². The molecule has 1 aliphatic rings. The Morgan fingerprint density at radius 1 is 1.28 bits per heavy atom. The van der Waals surface area contributed by atoms with Crippen molar-refractivity contribution in [1.29, 1.82) is 0 Å². The quantitative estimate of drug-likeness (QED) is 0.798. The minimum absolute atomic E-state index is 0.177. The van der Waals surface area contributed by atoms with Crippen molar-refractivity contribution in [1.82, 2.24) is 24.4 Å². The molecule has 0 saturated carbocycles. The summed E-state index contributed by atoms with van der Waals surface area (Å²) in [6, 6.07) is 1.15. The summed E-state index contributed by atoms with van der Waals surface area (Å²) in [5.41, 5.74) is 1.44. The number of fused-ring (bicyclic) bond motifs is 1. The van der Waals surface area contributed by atoms with Gasteiger partial charge in [-0.1, -0.05) is 6.92 Å². The number of piperazine rings is 1. The van der Waals surface area contributed by atoms with E-state index in [1.54, 1.807) is 10.7 Å². The predicted molar refractivity (Wildman–Crippen MR) is 97.3 cm³/mol. The van der Waals surface area contributed by atoms with Crippen LogP contribution >= 0.6 is 0 Å². The van der Waals surface area contributed by atoms with Gasteiger partial charge < -0.3 is 0 Å². The third kappa shape index (κ3) is 3.86. The maximum atomic E-state index is 11.8. The van der Waals surface area contributed by atoms with Gasteiger partial charge in [0.2, 0.25) is 0 Å². The highest BCUT2D eigenvalue weighted by molar-refractivity contribution is 7.90. The maximum absolute atomic E-state index is 11.8. The molecule has 8 heteroatoms. The second-order valence-corrected chi connectivity index (χ2v) is 9.12. The summed E-state index contributed by atoms with van der Waals surface area (Å²) in [7, 11) is -3.31. The summed E-state index contributed by atoms with van der Waals surface area (Å²) in [5, 5.41) is 4.15. The van der Waals surface area contributed by atoms with Crippen LogP contribution in [0.25, 0.3) is 5.65 Å². The second-order valence-electron chi connectivity index (χ2n) is 7.14. The van der Waals surface area contributed by atoms with Gasteiger partial charge in [-0.25, -0.2) is 17.9 Å². The Labute approximate surface area is 149 Å². The van der Waals surface area contributed by atoms with E-state index in [-0.39, 0.29) is 4.90 Å². The van der Waals surface area contributed by atoms with E-state index in [1.165, 1.54) is 12.5 Å². The van der Waals surface area contributed by atoms with Crippen LogP contribution in [0.15, 0.2) is 23.5 Å². The minimum atomic E-state index is -3.31. The Bertz CT molecular complexity index is 846. The predicted octanol–water partition coefficient (Wildman–Crippen LogP) is 1.44. The molecule has 2 aromatic heterocycles. The monoisotopic (exact) mass is 365 g/mol. The lowest BCUT2D eigenvalue weighted by molar-refractivity contribution is 0.0455. The van der Waals surface area contributed by atoms with Gasteiger partial charge >= 0.3 is 0 Å². The van der Waals surface area contributed by atoms with E-state index in [9.17, 15) is 8.42 Å². The molecule has 0 aliphatic carbocycles. The molecule has 3 heterocycles. The van der Waals surface area contributed by atoms with E-state index in [0.717, 1.165) is 38.2 Å². The lowest BCUT2D eigenvalue weighted by Gasteiger charge is -2.43. The molecule has 1 aliphatic heterocycles. The molecule has 2 aromatic rings. The van der Waals surface area contributed by atoms with Gasteiger partial charge in [-0.2, -0.15) is 5.10 Å². The van der Waals surface area contributed by atoms with Gasteiger partial charge in [-0.05, 0) is 20.3 Å². The highest BCUT2D eigenvalue weighted by atomic mass is 32.2. The van der Waals surface area contributed by atoms with Crippen molar-refractivity contribution >= 4 is 15.5 Å². The van der Waals surface area contributed by atoms with Gasteiger partial charge in [0.25, 0.3) is 0 Å². The fourth-order valence-electron chi connectivity index (χ4n) is 3.61. The van der Waals surface area contributed by atoms with Crippen molar-refractivity contribution in [3.8, 4) is 0 Å². The van der Waals surface area contributed by atoms with Crippen LogP contribution < -0.4 is 0 Å². The molecule has 1 saturated heterocycles. The summed E-state index contributed by atoms with van der Waals surface area (Å²) in [6.45, 7) is 10.7. The molecule has 138 valence electrons. The Kier molecular flexibility index (Phi) is 5.13. The van der Waals surface area contributed by atoms with E-state index < -0.39 is 9.84 Å². The Morgan fingerprint density at radius 2 is 2.04 bits per heavy atom. The molecule has 25 heavy (non-hydrogen) atoms. The molecule has 0 N–H and O–H groups in total. The summed E-state index contributed by atoms with van der Waals surface area (Å²) in [6.07, 6.45) is 7.34. The molecule has 0 aromatic carbocycles. The Balaban J connectivity index is 1.75. The molecular formula is C17H27N5O2S. The van der Waals surface area contributed by atoms with Crippen molar-refractivity contribution in [3.05, 3.63) is 24.2 Å². The largest absolute Gasteiger partial charge is 0.296 e. The number of hydrogen-bond acceptors (Lipinski definition) is 6. The van der Waals surface area contributed by atoms with Crippen LogP contribution in [-0.2, 0) is 16.4 Å². The normalized spacial score (nSPS) is 20.6.